The first-order valence-electron chi connectivity index (χ1n) is 19.8. The topological polar surface area (TPSA) is 3.88 Å². The van der Waals surface area contributed by atoms with Crippen LogP contribution in [0, 0.1) is 0 Å². The number of alkyl halides is 27. The van der Waals surface area contributed by atoms with Crippen LogP contribution < -0.4 is 26.4 Å². The maximum atomic E-state index is 14.2. The van der Waals surface area contributed by atoms with E-state index in [2.05, 4.69) is 0 Å². The molecule has 0 saturated heterocycles. The Kier molecular flexibility index (Phi) is 15.5. The summed E-state index contributed by atoms with van der Waals surface area (Å²) < 4.78 is 380. The average molecular weight is 1100 g/mol. The molecule has 0 fully saturated rings. The zero-order chi connectivity index (χ0) is 56.2. The Labute approximate surface area is 396 Å². The molecule has 29 heteroatoms. The zero-order valence-corrected chi connectivity index (χ0v) is 35.6. The highest BCUT2D eigenvalue weighted by Gasteiger charge is 2.47. The van der Waals surface area contributed by atoms with Crippen molar-refractivity contribution in [2.45, 2.75) is 62.1 Å². The van der Waals surface area contributed by atoms with Crippen LogP contribution in [0.4, 0.5) is 119 Å². The molecule has 0 unspecified atom stereocenters. The molecule has 0 radical (unpaired) electrons. The summed E-state index contributed by atoms with van der Waals surface area (Å²) in [4.78, 5) is 0. The summed E-state index contributed by atoms with van der Waals surface area (Å²) in [6, 6.07) is 2.07. The number of rotatable bonds is 6. The third kappa shape index (κ3) is 13.6. The molecule has 6 rings (SSSR count). The van der Waals surface area contributed by atoms with Gasteiger partial charge >= 0.3 is 55.6 Å². The number of pyridine rings is 1. The maximum Gasteiger partial charge on any atom is 0.416 e. The summed E-state index contributed by atoms with van der Waals surface area (Å²) in [5.41, 5.74) is -30.0. The molecule has 0 bridgehead atoms. The lowest BCUT2D eigenvalue weighted by atomic mass is 9.12. The summed E-state index contributed by atoms with van der Waals surface area (Å²) in [7, 11) is 0. The third-order valence-electron chi connectivity index (χ3n) is 10.9. The third-order valence-corrected chi connectivity index (χ3v) is 10.9. The Morgan fingerprint density at radius 1 is 0.257 bits per heavy atom. The van der Waals surface area contributed by atoms with Gasteiger partial charge in [0.2, 0.25) is 0 Å². The quantitative estimate of drug-likeness (QED) is 0.0889. The van der Waals surface area contributed by atoms with Crippen LogP contribution in [-0.4, -0.2) is 6.15 Å². The molecule has 0 aliphatic rings. The molecule has 6 aromatic rings. The fourth-order valence-electron chi connectivity index (χ4n) is 7.62. The molecule has 0 aliphatic heterocycles. The fourth-order valence-corrected chi connectivity index (χ4v) is 7.62. The number of nitrogens with zero attached hydrogens (tertiary/aromatic N) is 1. The van der Waals surface area contributed by atoms with Gasteiger partial charge in [-0.05, 0) is 36.4 Å². The van der Waals surface area contributed by atoms with E-state index in [1.165, 1.54) is 12.1 Å². The van der Waals surface area contributed by atoms with E-state index in [0.29, 0.717) is 6.54 Å². The molecule has 1 nitrogen and oxygen atoms in total. The standard InChI is InChI=1S/C32H12BF24.C13H11F3N/c34-25(35,36)13-1-14(26(37,38)39)6-21(5-13)33(22-7-15(27(40,41)42)2-16(8-22)28(43,44)45,23-9-17(29(46,47)48)3-18(10-23)30(49,50)51)24-11-19(31(52,53)54)4-20(12-24)32(55,56)57;14-13(15,16)12-6-4-11(5-7-12)10-17-8-2-1-3-9-17/h1-12H;1-9H,10H2/q-1;+1. The molecule has 1 aromatic heterocycles. The highest BCUT2D eigenvalue weighted by molar-refractivity contribution is 7.20. The predicted octanol–water partition coefficient (Wildman–Crippen LogP) is 14.3. The van der Waals surface area contributed by atoms with E-state index in [-0.39, 0.29) is 0 Å². The van der Waals surface area contributed by atoms with E-state index < -0.39 is 206 Å². The lowest BCUT2D eigenvalue weighted by Gasteiger charge is -2.46. The molecule has 0 amide bonds. The maximum absolute atomic E-state index is 14.2. The van der Waals surface area contributed by atoms with Crippen LogP contribution >= 0.6 is 0 Å². The van der Waals surface area contributed by atoms with E-state index in [4.69, 9.17) is 0 Å². The van der Waals surface area contributed by atoms with Crippen LogP contribution in [0.15, 0.2) is 128 Å². The van der Waals surface area contributed by atoms with Crippen molar-refractivity contribution >= 4 is 28.0 Å². The Morgan fingerprint density at radius 2 is 0.459 bits per heavy atom. The van der Waals surface area contributed by atoms with E-state index in [1.807, 2.05) is 35.2 Å². The van der Waals surface area contributed by atoms with E-state index in [0.717, 1.165) is 17.7 Å². The van der Waals surface area contributed by atoms with Gasteiger partial charge in [0, 0.05) is 17.7 Å². The minimum absolute atomic E-state index is 0.568. The monoisotopic (exact) mass is 1100 g/mol. The van der Waals surface area contributed by atoms with Gasteiger partial charge in [-0.2, -0.15) is 140 Å². The fraction of sp³-hybridized carbons (Fsp3) is 0.222. The predicted molar refractivity (Wildman–Crippen MR) is 207 cm³/mol. The molecule has 0 saturated carbocycles. The van der Waals surface area contributed by atoms with Crippen LogP contribution in [0.25, 0.3) is 0 Å². The number of benzene rings is 5. The van der Waals surface area contributed by atoms with Crippen molar-refractivity contribution < 1.29 is 123 Å². The molecule has 0 atom stereocenters. The van der Waals surface area contributed by atoms with Crippen LogP contribution in [0.2, 0.25) is 0 Å². The minimum Gasteiger partial charge on any atom is -0.201 e. The molecule has 0 spiro atoms. The van der Waals surface area contributed by atoms with Crippen molar-refractivity contribution in [3.63, 3.8) is 0 Å². The van der Waals surface area contributed by atoms with Gasteiger partial charge in [0.25, 0.3) is 0 Å². The van der Waals surface area contributed by atoms with Crippen LogP contribution in [0.5, 0.6) is 0 Å². The van der Waals surface area contributed by atoms with Crippen molar-refractivity contribution in [3.05, 3.63) is 183 Å². The first-order valence-corrected chi connectivity index (χ1v) is 19.8. The van der Waals surface area contributed by atoms with Gasteiger partial charge in [-0.25, -0.2) is 4.57 Å². The average Bonchev–Trinajstić information content (AvgIpc) is 3.24. The van der Waals surface area contributed by atoms with Gasteiger partial charge in [-0.15, -0.1) is 0 Å². The van der Waals surface area contributed by atoms with Gasteiger partial charge in [0.15, 0.2) is 18.9 Å². The molecule has 1 heterocycles. The SMILES string of the molecule is FC(F)(F)c1cc([B-](c2cc(C(F)(F)F)cc(C(F)(F)F)c2)(c2cc(C(F)(F)F)cc(C(F)(F)F)c2)c2cc(C(F)(F)F)cc(C(F)(F)F)c2)cc(C(F)(F)F)c1.FC(F)(F)c1ccc(C[n+]2ccccc2)cc1. The van der Waals surface area contributed by atoms with Crippen LogP contribution in [-0.2, 0) is 62.1 Å². The largest absolute Gasteiger partial charge is 0.416 e. The van der Waals surface area contributed by atoms with Crippen LogP contribution in [0.1, 0.15) is 55.6 Å². The van der Waals surface area contributed by atoms with Gasteiger partial charge in [-0.1, -0.05) is 66.7 Å². The normalized spacial score (nSPS) is 13.7. The highest BCUT2D eigenvalue weighted by atomic mass is 19.4. The van der Waals surface area contributed by atoms with Gasteiger partial charge in [-0.3, -0.25) is 0 Å². The number of halogens is 27. The first-order chi connectivity index (χ1) is 33.3. The summed E-state index contributed by atoms with van der Waals surface area (Å²) in [6.45, 7) is 0.568. The van der Waals surface area contributed by atoms with E-state index in [9.17, 15) is 119 Å². The van der Waals surface area contributed by atoms with Crippen LogP contribution in [0.3, 0.4) is 0 Å². The second-order valence-electron chi connectivity index (χ2n) is 16.0. The molecule has 0 aliphatic carbocycles. The second-order valence-corrected chi connectivity index (χ2v) is 16.0. The van der Waals surface area contributed by atoms with E-state index >= 15 is 0 Å². The summed E-state index contributed by atoms with van der Waals surface area (Å²) in [5.74, 6) is 0. The van der Waals surface area contributed by atoms with Crippen molar-refractivity contribution in [2.24, 2.45) is 0 Å². The molecule has 74 heavy (non-hydrogen) atoms. The molecule has 0 N–H and O–H groups in total. The lowest BCUT2D eigenvalue weighted by Crippen LogP contribution is -2.75. The summed E-state index contributed by atoms with van der Waals surface area (Å²) >= 11 is 0. The number of hydrogen-bond acceptors (Lipinski definition) is 0. The smallest absolute Gasteiger partial charge is 0.201 e. The van der Waals surface area contributed by atoms with Gasteiger partial charge < -0.3 is 0 Å². The number of hydrogen-bond donors (Lipinski definition) is 0. The molecular weight excluding hydrogens is 1080 g/mol. The molecule has 400 valence electrons. The number of aromatic nitrogens is 1. The second kappa shape index (κ2) is 19.6. The molecular formula is C45H23BF27N. The Hall–Kier alpha value is -6.58. The highest BCUT2D eigenvalue weighted by Crippen LogP contribution is 2.41. The van der Waals surface area contributed by atoms with E-state index in [1.54, 1.807) is 0 Å². The van der Waals surface area contributed by atoms with Crippen molar-refractivity contribution in [1.29, 1.82) is 0 Å². The van der Waals surface area contributed by atoms with Gasteiger partial charge in [0.05, 0.1) is 50.1 Å². The van der Waals surface area contributed by atoms with Crippen molar-refractivity contribution in [2.75, 3.05) is 0 Å². The van der Waals surface area contributed by atoms with Crippen molar-refractivity contribution in [1.82, 2.24) is 0 Å². The molecule has 5 aromatic carbocycles. The lowest BCUT2D eigenvalue weighted by molar-refractivity contribution is -0.688. The van der Waals surface area contributed by atoms with Gasteiger partial charge in [0.1, 0.15) is 6.15 Å². The minimum atomic E-state index is -6.13. The van der Waals surface area contributed by atoms with Crippen molar-refractivity contribution in [3.8, 4) is 0 Å². The summed E-state index contributed by atoms with van der Waals surface area (Å²) in [6.07, 6.45) is -55.3. The Bertz CT molecular complexity index is 2490. The zero-order valence-electron chi connectivity index (χ0n) is 35.6. The summed E-state index contributed by atoms with van der Waals surface area (Å²) in [5, 5.41) is 0. The Balaban J connectivity index is 0.000000500. The Morgan fingerprint density at radius 3 is 0.649 bits per heavy atom. The first kappa shape index (κ1) is 58.3.